The Balaban J connectivity index is 1.90. The third-order valence-corrected chi connectivity index (χ3v) is 5.19. The number of nitriles is 1. The summed E-state index contributed by atoms with van der Waals surface area (Å²) in [5, 5.41) is 12.3. The fourth-order valence-electron chi connectivity index (χ4n) is 2.45. The van der Waals surface area contributed by atoms with Crippen molar-refractivity contribution in [3.63, 3.8) is 0 Å². The highest BCUT2D eigenvalue weighted by atomic mass is 35.5. The minimum absolute atomic E-state index is 0.135. The zero-order valence-electron chi connectivity index (χ0n) is 14.6. The van der Waals surface area contributed by atoms with Gasteiger partial charge in [-0.25, -0.2) is 0 Å². The van der Waals surface area contributed by atoms with E-state index in [0.717, 1.165) is 17.0 Å². The highest BCUT2D eigenvalue weighted by Crippen LogP contribution is 2.35. The summed E-state index contributed by atoms with van der Waals surface area (Å²) in [5.74, 6) is -0.704. The highest BCUT2D eigenvalue weighted by molar-refractivity contribution is 7.99. The van der Waals surface area contributed by atoms with Crippen LogP contribution in [0.2, 0.25) is 5.02 Å². The number of halogens is 4. The van der Waals surface area contributed by atoms with E-state index < -0.39 is 17.6 Å². The quantitative estimate of drug-likeness (QED) is 0.503. The molecule has 0 atom stereocenters. The van der Waals surface area contributed by atoms with Gasteiger partial charge >= 0.3 is 6.18 Å². The molecule has 0 unspecified atom stereocenters. The number of benzene rings is 3. The first kappa shape index (κ1) is 20.8. The van der Waals surface area contributed by atoms with Gasteiger partial charge in [-0.2, -0.15) is 18.4 Å². The molecular weight excluding hydrogens is 421 g/mol. The summed E-state index contributed by atoms with van der Waals surface area (Å²) in [6, 6.07) is 17.9. The molecule has 0 saturated heterocycles. The summed E-state index contributed by atoms with van der Waals surface area (Å²) < 4.78 is 38.7. The summed E-state index contributed by atoms with van der Waals surface area (Å²) in [6.07, 6.45) is -4.55. The van der Waals surface area contributed by atoms with E-state index in [2.05, 4.69) is 5.32 Å². The molecule has 0 saturated carbocycles. The fourth-order valence-corrected chi connectivity index (χ4v) is 3.46. The second-order valence-electron chi connectivity index (χ2n) is 5.91. The molecular formula is C21H12ClF3N2OS. The largest absolute Gasteiger partial charge is 0.416 e. The summed E-state index contributed by atoms with van der Waals surface area (Å²) in [4.78, 5) is 14.0. The highest BCUT2D eigenvalue weighted by Gasteiger charge is 2.31. The zero-order valence-corrected chi connectivity index (χ0v) is 16.2. The van der Waals surface area contributed by atoms with Gasteiger partial charge in [0, 0.05) is 20.4 Å². The lowest BCUT2D eigenvalue weighted by Gasteiger charge is -2.13. The minimum Gasteiger partial charge on any atom is -0.321 e. The Morgan fingerprint density at radius 3 is 2.41 bits per heavy atom. The van der Waals surface area contributed by atoms with E-state index in [0.29, 0.717) is 21.2 Å². The van der Waals surface area contributed by atoms with E-state index in [9.17, 15) is 18.0 Å². The first-order valence-corrected chi connectivity index (χ1v) is 9.42. The molecule has 0 spiro atoms. The molecule has 146 valence electrons. The maximum absolute atomic E-state index is 12.9. The number of rotatable bonds is 4. The van der Waals surface area contributed by atoms with Crippen LogP contribution in [0.5, 0.6) is 0 Å². The first-order valence-electron chi connectivity index (χ1n) is 8.22. The predicted octanol–water partition coefficient (Wildman–Crippen LogP) is 6.63. The van der Waals surface area contributed by atoms with E-state index in [1.54, 1.807) is 36.4 Å². The van der Waals surface area contributed by atoms with E-state index in [4.69, 9.17) is 16.9 Å². The van der Waals surface area contributed by atoms with E-state index in [1.807, 2.05) is 6.07 Å². The van der Waals surface area contributed by atoms with Crippen LogP contribution in [0.4, 0.5) is 18.9 Å². The Kier molecular flexibility index (Phi) is 6.16. The Labute approximate surface area is 174 Å². The number of nitrogens with zero attached hydrogens (tertiary/aromatic N) is 1. The van der Waals surface area contributed by atoms with Gasteiger partial charge in [-0.1, -0.05) is 29.4 Å². The smallest absolute Gasteiger partial charge is 0.321 e. The van der Waals surface area contributed by atoms with Crippen molar-refractivity contribution in [1.82, 2.24) is 0 Å². The molecule has 3 aromatic rings. The lowest BCUT2D eigenvalue weighted by molar-refractivity contribution is -0.137. The molecule has 3 nitrogen and oxygen atoms in total. The molecule has 0 aliphatic carbocycles. The second kappa shape index (κ2) is 8.60. The molecule has 0 aromatic heterocycles. The van der Waals surface area contributed by atoms with Crippen LogP contribution in [-0.4, -0.2) is 5.91 Å². The van der Waals surface area contributed by atoms with E-state index in [1.165, 1.54) is 30.0 Å². The minimum atomic E-state index is -4.55. The molecule has 1 amide bonds. The standard InChI is InChI=1S/C21H12ClF3N2OS/c22-16-5-7-17(8-6-16)29-19-9-4-13(12-26)10-18(19)27-20(28)14-2-1-3-15(11-14)21(23,24)25/h1-11H,(H,27,28). The Morgan fingerprint density at radius 1 is 1.03 bits per heavy atom. The summed E-state index contributed by atoms with van der Waals surface area (Å²) in [6.45, 7) is 0. The van der Waals surface area contributed by atoms with E-state index >= 15 is 0 Å². The molecule has 3 rings (SSSR count). The van der Waals surface area contributed by atoms with E-state index in [-0.39, 0.29) is 5.56 Å². The first-order chi connectivity index (χ1) is 13.8. The van der Waals surface area contributed by atoms with Gasteiger partial charge in [0.2, 0.25) is 0 Å². The number of nitrogens with one attached hydrogen (secondary N) is 1. The van der Waals surface area contributed by atoms with Gasteiger partial charge < -0.3 is 5.32 Å². The molecule has 0 fully saturated rings. The topological polar surface area (TPSA) is 52.9 Å². The average Bonchev–Trinajstić information content (AvgIpc) is 2.70. The molecule has 8 heteroatoms. The summed E-state index contributed by atoms with van der Waals surface area (Å²) in [5.41, 5.74) is -0.410. The van der Waals surface area contributed by atoms with Crippen LogP contribution < -0.4 is 5.32 Å². The third-order valence-electron chi connectivity index (χ3n) is 3.85. The van der Waals surface area contributed by atoms with Crippen molar-refractivity contribution in [1.29, 1.82) is 5.26 Å². The van der Waals surface area contributed by atoms with Crippen molar-refractivity contribution < 1.29 is 18.0 Å². The number of hydrogen-bond acceptors (Lipinski definition) is 3. The molecule has 0 aliphatic heterocycles. The van der Waals surface area contributed by atoms with Crippen molar-refractivity contribution in [2.24, 2.45) is 0 Å². The van der Waals surface area contributed by atoms with Crippen molar-refractivity contribution in [3.8, 4) is 6.07 Å². The van der Waals surface area contributed by atoms with Crippen molar-refractivity contribution in [2.75, 3.05) is 5.32 Å². The lowest BCUT2D eigenvalue weighted by atomic mass is 10.1. The molecule has 3 aromatic carbocycles. The SMILES string of the molecule is N#Cc1ccc(Sc2ccc(Cl)cc2)c(NC(=O)c2cccc(C(F)(F)F)c2)c1. The number of anilines is 1. The van der Waals surface area contributed by atoms with Crippen LogP contribution in [-0.2, 0) is 6.18 Å². The number of alkyl halides is 3. The lowest BCUT2D eigenvalue weighted by Crippen LogP contribution is -2.14. The van der Waals surface area contributed by atoms with Crippen LogP contribution in [0.15, 0.2) is 76.5 Å². The maximum atomic E-state index is 12.9. The van der Waals surface area contributed by atoms with Crippen molar-refractivity contribution in [3.05, 3.63) is 88.4 Å². The number of hydrogen-bond donors (Lipinski definition) is 1. The molecule has 0 bridgehead atoms. The van der Waals surface area contributed by atoms with Crippen LogP contribution in [0.1, 0.15) is 21.5 Å². The van der Waals surface area contributed by atoms with Gasteiger partial charge in [0.1, 0.15) is 0 Å². The van der Waals surface area contributed by atoms with Crippen LogP contribution in [0.3, 0.4) is 0 Å². The maximum Gasteiger partial charge on any atom is 0.416 e. The number of carbonyl (C=O) groups is 1. The van der Waals surface area contributed by atoms with Crippen molar-refractivity contribution >= 4 is 35.0 Å². The molecule has 0 aliphatic rings. The molecule has 0 radical (unpaired) electrons. The number of carbonyl (C=O) groups excluding carboxylic acids is 1. The Morgan fingerprint density at radius 2 is 1.76 bits per heavy atom. The molecule has 0 heterocycles. The molecule has 29 heavy (non-hydrogen) atoms. The van der Waals surface area contributed by atoms with Crippen LogP contribution in [0.25, 0.3) is 0 Å². The second-order valence-corrected chi connectivity index (χ2v) is 7.46. The predicted molar refractivity (Wildman–Crippen MR) is 106 cm³/mol. The summed E-state index contributed by atoms with van der Waals surface area (Å²) in [7, 11) is 0. The van der Waals surface area contributed by atoms with Crippen molar-refractivity contribution in [2.45, 2.75) is 16.0 Å². The third kappa shape index (κ3) is 5.31. The Bertz CT molecular complexity index is 1090. The van der Waals surface area contributed by atoms with Gasteiger partial charge in [0.05, 0.1) is 22.9 Å². The monoisotopic (exact) mass is 432 g/mol. The Hall–Kier alpha value is -2.95. The molecule has 1 N–H and O–H groups in total. The number of amides is 1. The normalized spacial score (nSPS) is 11.0. The van der Waals surface area contributed by atoms with Crippen LogP contribution in [0, 0.1) is 11.3 Å². The van der Waals surface area contributed by atoms with Crippen LogP contribution >= 0.6 is 23.4 Å². The van der Waals surface area contributed by atoms with Gasteiger partial charge in [-0.05, 0) is 60.7 Å². The van der Waals surface area contributed by atoms with Gasteiger partial charge in [-0.3, -0.25) is 4.79 Å². The zero-order chi connectivity index (χ0) is 21.0. The summed E-state index contributed by atoms with van der Waals surface area (Å²) >= 11 is 7.21. The van der Waals surface area contributed by atoms with Gasteiger partial charge in [-0.15, -0.1) is 0 Å². The van der Waals surface area contributed by atoms with Gasteiger partial charge in [0.15, 0.2) is 0 Å². The average molecular weight is 433 g/mol. The van der Waals surface area contributed by atoms with Gasteiger partial charge in [0.25, 0.3) is 5.91 Å². The fraction of sp³-hybridized carbons (Fsp3) is 0.0476.